The molecule has 2 saturated heterocycles. The zero-order chi connectivity index (χ0) is 25.8. The summed E-state index contributed by atoms with van der Waals surface area (Å²) in [7, 11) is 1.46. The molecule has 0 saturated carbocycles. The number of aromatic nitrogens is 1. The summed E-state index contributed by atoms with van der Waals surface area (Å²) in [4.78, 5) is 39.6. The SMILES string of the molecule is CON=C1CC(C(=O)N2CCC(O)(c3ccccc3)CC2)N(C(=O)c2ccc(-c3cccnc3)cc2)C1. The standard InChI is InChI=1S/C29H30N4O4/c1-37-31-25-18-26(28(35)32-16-13-29(36,14-17-32)24-7-3-2-4-8-24)33(20-25)27(34)22-11-9-21(10-12-22)23-6-5-15-30-19-23/h2-12,15,19,26,36H,13-14,16-18,20H2,1H3. The van der Waals surface area contributed by atoms with Crippen molar-refractivity contribution >= 4 is 17.5 Å². The molecule has 2 amide bonds. The molecule has 0 spiro atoms. The summed E-state index contributed by atoms with van der Waals surface area (Å²) < 4.78 is 0. The highest BCUT2D eigenvalue weighted by atomic mass is 16.6. The van der Waals surface area contributed by atoms with Crippen LogP contribution < -0.4 is 0 Å². The topological polar surface area (TPSA) is 95.3 Å². The first-order valence-electron chi connectivity index (χ1n) is 12.5. The van der Waals surface area contributed by atoms with Gasteiger partial charge in [0.2, 0.25) is 5.91 Å². The zero-order valence-corrected chi connectivity index (χ0v) is 20.8. The summed E-state index contributed by atoms with van der Waals surface area (Å²) in [5.41, 5.74) is 2.98. The van der Waals surface area contributed by atoms with E-state index in [4.69, 9.17) is 4.84 Å². The predicted octanol–water partition coefficient (Wildman–Crippen LogP) is 3.48. The minimum absolute atomic E-state index is 0.128. The highest BCUT2D eigenvalue weighted by Gasteiger charge is 2.43. The fourth-order valence-electron chi connectivity index (χ4n) is 5.18. The molecule has 1 atom stereocenters. The quantitative estimate of drug-likeness (QED) is 0.544. The van der Waals surface area contributed by atoms with Crippen molar-refractivity contribution in [2.45, 2.75) is 30.9 Å². The van der Waals surface area contributed by atoms with Gasteiger partial charge in [0.25, 0.3) is 5.91 Å². The maximum Gasteiger partial charge on any atom is 0.254 e. The molecule has 8 nitrogen and oxygen atoms in total. The molecule has 190 valence electrons. The molecule has 2 fully saturated rings. The van der Waals surface area contributed by atoms with Crippen molar-refractivity contribution in [3.05, 3.63) is 90.3 Å². The first kappa shape index (κ1) is 24.6. The average molecular weight is 499 g/mol. The molecule has 3 heterocycles. The third-order valence-electron chi connectivity index (χ3n) is 7.26. The lowest BCUT2D eigenvalue weighted by molar-refractivity contribution is -0.139. The number of hydrogen-bond donors (Lipinski definition) is 1. The molecule has 5 rings (SSSR count). The van der Waals surface area contributed by atoms with Crippen molar-refractivity contribution in [3.63, 3.8) is 0 Å². The number of nitrogens with zero attached hydrogens (tertiary/aromatic N) is 4. The monoisotopic (exact) mass is 498 g/mol. The van der Waals surface area contributed by atoms with Gasteiger partial charge in [0.05, 0.1) is 17.9 Å². The van der Waals surface area contributed by atoms with E-state index in [2.05, 4.69) is 10.1 Å². The number of hydrogen-bond acceptors (Lipinski definition) is 6. The molecular weight excluding hydrogens is 468 g/mol. The van der Waals surface area contributed by atoms with Gasteiger partial charge >= 0.3 is 0 Å². The van der Waals surface area contributed by atoms with Crippen LogP contribution in [0.1, 0.15) is 35.2 Å². The Kier molecular flexibility index (Phi) is 7.01. The molecule has 37 heavy (non-hydrogen) atoms. The highest BCUT2D eigenvalue weighted by Crippen LogP contribution is 2.33. The van der Waals surface area contributed by atoms with Crippen LogP contribution >= 0.6 is 0 Å². The number of amides is 2. The third-order valence-corrected chi connectivity index (χ3v) is 7.26. The zero-order valence-electron chi connectivity index (χ0n) is 20.8. The molecule has 0 bridgehead atoms. The van der Waals surface area contributed by atoms with Crippen LogP contribution in [-0.2, 0) is 15.2 Å². The van der Waals surface area contributed by atoms with Crippen LogP contribution in [-0.4, -0.2) is 70.2 Å². The van der Waals surface area contributed by atoms with Gasteiger partial charge in [0, 0.05) is 37.5 Å². The molecule has 1 N–H and O–H groups in total. The van der Waals surface area contributed by atoms with Gasteiger partial charge in [-0.1, -0.05) is 53.7 Å². The molecule has 1 unspecified atom stereocenters. The number of aliphatic hydroxyl groups is 1. The Bertz CT molecular complexity index is 1270. The molecule has 2 aliphatic rings. The van der Waals surface area contributed by atoms with Gasteiger partial charge < -0.3 is 19.7 Å². The van der Waals surface area contributed by atoms with E-state index in [0.29, 0.717) is 43.6 Å². The average Bonchev–Trinajstić information content (AvgIpc) is 3.38. The van der Waals surface area contributed by atoms with Gasteiger partial charge in [-0.3, -0.25) is 14.6 Å². The second-order valence-electron chi connectivity index (χ2n) is 9.54. The lowest BCUT2D eigenvalue weighted by Crippen LogP contribution is -2.52. The molecule has 2 aliphatic heterocycles. The van der Waals surface area contributed by atoms with Crippen LogP contribution in [0.3, 0.4) is 0 Å². The number of benzene rings is 2. The predicted molar refractivity (Wildman–Crippen MR) is 140 cm³/mol. The maximum absolute atomic E-state index is 13.6. The normalized spacial score (nSPS) is 20.2. The van der Waals surface area contributed by atoms with Gasteiger partial charge in [0.1, 0.15) is 13.2 Å². The Balaban J connectivity index is 1.31. The second kappa shape index (κ2) is 10.5. The van der Waals surface area contributed by atoms with E-state index in [1.54, 1.807) is 34.3 Å². The lowest BCUT2D eigenvalue weighted by atomic mass is 9.84. The molecule has 0 radical (unpaired) electrons. The first-order valence-corrected chi connectivity index (χ1v) is 12.5. The number of carbonyl (C=O) groups is 2. The Morgan fingerprint density at radius 2 is 1.73 bits per heavy atom. The van der Waals surface area contributed by atoms with Crippen LogP contribution in [0.4, 0.5) is 0 Å². The second-order valence-corrected chi connectivity index (χ2v) is 9.54. The number of oxime groups is 1. The molecule has 8 heteroatoms. The van der Waals surface area contributed by atoms with E-state index < -0.39 is 11.6 Å². The Morgan fingerprint density at radius 1 is 1.00 bits per heavy atom. The lowest BCUT2D eigenvalue weighted by Gasteiger charge is -2.40. The van der Waals surface area contributed by atoms with Gasteiger partial charge in [-0.15, -0.1) is 0 Å². The van der Waals surface area contributed by atoms with E-state index in [1.165, 1.54) is 7.11 Å². The van der Waals surface area contributed by atoms with Gasteiger partial charge in [0.15, 0.2) is 0 Å². The van der Waals surface area contributed by atoms with Crippen molar-refractivity contribution < 1.29 is 19.5 Å². The number of piperidine rings is 1. The van der Waals surface area contributed by atoms with Crippen LogP contribution in [0.2, 0.25) is 0 Å². The fraction of sp³-hybridized carbons (Fsp3) is 0.310. The third kappa shape index (κ3) is 5.11. The minimum Gasteiger partial charge on any atom is -0.399 e. The first-order chi connectivity index (χ1) is 18.0. The molecule has 1 aromatic heterocycles. The van der Waals surface area contributed by atoms with Crippen molar-refractivity contribution in [1.29, 1.82) is 0 Å². The van der Waals surface area contributed by atoms with Crippen molar-refractivity contribution in [1.82, 2.24) is 14.8 Å². The van der Waals surface area contributed by atoms with Gasteiger partial charge in [-0.2, -0.15) is 0 Å². The smallest absolute Gasteiger partial charge is 0.254 e. The fourth-order valence-corrected chi connectivity index (χ4v) is 5.18. The Hall–Kier alpha value is -4.04. The summed E-state index contributed by atoms with van der Waals surface area (Å²) in [5.74, 6) is -0.355. The van der Waals surface area contributed by atoms with E-state index in [0.717, 1.165) is 16.7 Å². The highest BCUT2D eigenvalue weighted by molar-refractivity contribution is 6.05. The van der Waals surface area contributed by atoms with Crippen molar-refractivity contribution in [2.24, 2.45) is 5.16 Å². The van der Waals surface area contributed by atoms with Crippen LogP contribution in [0.5, 0.6) is 0 Å². The van der Waals surface area contributed by atoms with Gasteiger partial charge in [-0.05, 0) is 47.7 Å². The van der Waals surface area contributed by atoms with E-state index >= 15 is 0 Å². The molecular formula is C29H30N4O4. The summed E-state index contributed by atoms with van der Waals surface area (Å²) in [6, 6.07) is 20.1. The van der Waals surface area contributed by atoms with Gasteiger partial charge in [-0.25, -0.2) is 0 Å². The largest absolute Gasteiger partial charge is 0.399 e. The van der Waals surface area contributed by atoms with Crippen molar-refractivity contribution in [3.8, 4) is 11.1 Å². The summed E-state index contributed by atoms with van der Waals surface area (Å²) in [5, 5.41) is 15.2. The minimum atomic E-state index is -0.956. The summed E-state index contributed by atoms with van der Waals surface area (Å²) >= 11 is 0. The van der Waals surface area contributed by atoms with Crippen LogP contribution in [0.25, 0.3) is 11.1 Å². The molecule has 0 aliphatic carbocycles. The van der Waals surface area contributed by atoms with E-state index in [1.807, 2.05) is 54.6 Å². The summed E-state index contributed by atoms with van der Waals surface area (Å²) in [6.45, 7) is 1.06. The number of carbonyl (C=O) groups excluding carboxylic acids is 2. The Morgan fingerprint density at radius 3 is 2.38 bits per heavy atom. The molecule has 2 aromatic carbocycles. The maximum atomic E-state index is 13.6. The van der Waals surface area contributed by atoms with E-state index in [9.17, 15) is 14.7 Å². The molecule has 3 aromatic rings. The van der Waals surface area contributed by atoms with E-state index in [-0.39, 0.29) is 18.4 Å². The Labute approximate surface area is 216 Å². The van der Waals surface area contributed by atoms with Crippen LogP contribution in [0, 0.1) is 0 Å². The summed E-state index contributed by atoms with van der Waals surface area (Å²) in [6.07, 6.45) is 4.70. The number of likely N-dealkylation sites (tertiary alicyclic amines) is 2. The number of rotatable bonds is 5. The van der Waals surface area contributed by atoms with Crippen molar-refractivity contribution in [2.75, 3.05) is 26.7 Å². The van der Waals surface area contributed by atoms with Crippen LogP contribution in [0.15, 0.2) is 84.3 Å². The number of pyridine rings is 1.